The van der Waals surface area contributed by atoms with Crippen LogP contribution in [0.2, 0.25) is 0 Å². The van der Waals surface area contributed by atoms with Crippen molar-refractivity contribution in [1.82, 2.24) is 30.4 Å². The zero-order chi connectivity index (χ0) is 33.8. The molecule has 1 aromatic heterocycles. The molecule has 0 radical (unpaired) electrons. The average Bonchev–Trinajstić information content (AvgIpc) is 3.50. The first-order chi connectivity index (χ1) is 22.2. The molecule has 0 bridgehead atoms. The van der Waals surface area contributed by atoms with Crippen LogP contribution in [0.3, 0.4) is 0 Å². The summed E-state index contributed by atoms with van der Waals surface area (Å²) in [7, 11) is 4.17. The van der Waals surface area contributed by atoms with Crippen molar-refractivity contribution < 1.29 is 19.4 Å². The van der Waals surface area contributed by atoms with E-state index < -0.39 is 5.92 Å². The smallest absolute Gasteiger partial charge is 0.236 e. The maximum Gasteiger partial charge on any atom is 0.236 e. The normalized spacial score (nSPS) is 18.8. The minimum atomic E-state index is -0.595. The molecule has 5 rings (SSSR count). The van der Waals surface area contributed by atoms with Gasteiger partial charge in [0.25, 0.3) is 0 Å². The molecule has 3 atom stereocenters. The number of ether oxygens (including phenoxy) is 1. The Bertz CT molecular complexity index is 1480. The zero-order valence-corrected chi connectivity index (χ0v) is 28.5. The molecule has 2 aromatic carbocycles. The molecule has 3 aromatic rings. The number of fused-ring (bicyclic) bond motifs is 1. The number of aromatic amines is 1. The van der Waals surface area contributed by atoms with E-state index in [0.29, 0.717) is 47.4 Å². The van der Waals surface area contributed by atoms with Crippen LogP contribution in [0.5, 0.6) is 11.5 Å². The molecule has 1 amide bonds. The third kappa shape index (κ3) is 8.76. The van der Waals surface area contributed by atoms with E-state index in [2.05, 4.69) is 39.0 Å². The number of likely N-dealkylation sites (tertiary alicyclic amines) is 1. The Morgan fingerprint density at radius 1 is 1.22 bits per heavy atom. The van der Waals surface area contributed by atoms with Gasteiger partial charge in [0.15, 0.2) is 17.8 Å². The topological polar surface area (TPSA) is 123 Å². The summed E-state index contributed by atoms with van der Waals surface area (Å²) in [6.45, 7) is 17.4. The van der Waals surface area contributed by atoms with Crippen LogP contribution in [0.25, 0.3) is 16.7 Å². The van der Waals surface area contributed by atoms with E-state index in [1.807, 2.05) is 59.9 Å². The highest BCUT2D eigenvalue weighted by Gasteiger charge is 2.33. The van der Waals surface area contributed by atoms with Gasteiger partial charge < -0.3 is 35.3 Å². The van der Waals surface area contributed by atoms with Crippen molar-refractivity contribution in [3.63, 3.8) is 0 Å². The van der Waals surface area contributed by atoms with Crippen LogP contribution < -0.4 is 15.4 Å². The second-order valence-electron chi connectivity index (χ2n) is 11.5. The molecule has 0 spiro atoms. The van der Waals surface area contributed by atoms with Crippen molar-refractivity contribution >= 4 is 28.9 Å². The molecular formula is C36H52N6O4. The van der Waals surface area contributed by atoms with E-state index in [9.17, 15) is 14.7 Å². The summed E-state index contributed by atoms with van der Waals surface area (Å²) in [5.74, 6) is 0.398. The van der Waals surface area contributed by atoms with E-state index in [0.717, 1.165) is 43.5 Å². The number of para-hydroxylation sites is 2. The molecule has 46 heavy (non-hydrogen) atoms. The Morgan fingerprint density at radius 3 is 2.59 bits per heavy atom. The number of hydrogen-bond acceptors (Lipinski definition) is 8. The molecule has 2 aliphatic heterocycles. The maximum atomic E-state index is 13.1. The van der Waals surface area contributed by atoms with Crippen LogP contribution in [0.4, 0.5) is 0 Å². The van der Waals surface area contributed by atoms with Gasteiger partial charge in [0.2, 0.25) is 5.91 Å². The highest BCUT2D eigenvalue weighted by atomic mass is 16.5. The fourth-order valence-electron chi connectivity index (χ4n) is 5.67. The fraction of sp³-hybridized carbons (Fsp3) is 0.472. The van der Waals surface area contributed by atoms with E-state index in [1.54, 1.807) is 30.5 Å². The van der Waals surface area contributed by atoms with Crippen molar-refractivity contribution in [2.24, 2.45) is 5.92 Å². The van der Waals surface area contributed by atoms with Crippen molar-refractivity contribution in [3.8, 4) is 11.5 Å². The maximum absolute atomic E-state index is 13.1. The highest BCUT2D eigenvalue weighted by molar-refractivity contribution is 5.93. The zero-order valence-electron chi connectivity index (χ0n) is 28.5. The third-order valence-electron chi connectivity index (χ3n) is 8.33. The van der Waals surface area contributed by atoms with Crippen molar-refractivity contribution in [2.45, 2.75) is 65.5 Å². The lowest BCUT2D eigenvalue weighted by molar-refractivity contribution is -0.122. The number of aldehydes is 1. The predicted octanol–water partition coefficient (Wildman–Crippen LogP) is 5.53. The largest absolute Gasteiger partial charge is 0.504 e. The second-order valence-corrected chi connectivity index (χ2v) is 11.5. The summed E-state index contributed by atoms with van der Waals surface area (Å²) in [4.78, 5) is 37.8. The number of phenolic OH excluding ortho intramolecular Hbond substituents is 1. The summed E-state index contributed by atoms with van der Waals surface area (Å²) in [5, 5.41) is 16.2. The van der Waals surface area contributed by atoms with Gasteiger partial charge in [-0.2, -0.15) is 0 Å². The Balaban J connectivity index is 0.00000139. The lowest BCUT2D eigenvalue weighted by atomic mass is 9.95. The SMILES string of the molecule is C=C(c1cc2nc(C3C(=O)NC=CC3NCC(C)COc3ccccc3O)[nH]c2cc1C=O)N(C)C1CCN(C)CC1.CC.CC. The number of H-pyrrole nitrogens is 1. The minimum Gasteiger partial charge on any atom is -0.504 e. The molecule has 0 aliphatic carbocycles. The van der Waals surface area contributed by atoms with Gasteiger partial charge >= 0.3 is 0 Å². The molecule has 250 valence electrons. The molecule has 0 saturated carbocycles. The number of carbonyl (C=O) groups excluding carboxylic acids is 2. The van der Waals surface area contributed by atoms with Gasteiger partial charge in [-0.3, -0.25) is 9.59 Å². The monoisotopic (exact) mass is 632 g/mol. The minimum absolute atomic E-state index is 0.101. The summed E-state index contributed by atoms with van der Waals surface area (Å²) in [6.07, 6.45) is 6.48. The van der Waals surface area contributed by atoms with Crippen LogP contribution in [0.1, 0.15) is 75.1 Å². The number of hydrogen-bond donors (Lipinski definition) is 4. The average molecular weight is 633 g/mol. The Hall–Kier alpha value is -4.15. The van der Waals surface area contributed by atoms with E-state index in [4.69, 9.17) is 9.72 Å². The van der Waals surface area contributed by atoms with Gasteiger partial charge in [-0.1, -0.05) is 59.4 Å². The number of piperidine rings is 1. The van der Waals surface area contributed by atoms with E-state index >= 15 is 0 Å². The number of nitrogens with zero attached hydrogens (tertiary/aromatic N) is 3. The quantitative estimate of drug-likeness (QED) is 0.204. The Morgan fingerprint density at radius 2 is 1.91 bits per heavy atom. The predicted molar refractivity (Wildman–Crippen MR) is 186 cm³/mol. The van der Waals surface area contributed by atoms with E-state index in [-0.39, 0.29) is 23.6 Å². The molecule has 3 unspecified atom stereocenters. The van der Waals surface area contributed by atoms with Crippen LogP contribution in [-0.2, 0) is 4.79 Å². The fourth-order valence-corrected chi connectivity index (χ4v) is 5.67. The Labute approximate surface area is 273 Å². The summed E-state index contributed by atoms with van der Waals surface area (Å²) in [5.41, 5.74) is 3.43. The van der Waals surface area contributed by atoms with Gasteiger partial charge in [0, 0.05) is 54.6 Å². The van der Waals surface area contributed by atoms with Crippen LogP contribution >= 0.6 is 0 Å². The van der Waals surface area contributed by atoms with Crippen molar-refractivity contribution in [3.05, 3.63) is 72.2 Å². The van der Waals surface area contributed by atoms with Gasteiger partial charge in [-0.15, -0.1) is 0 Å². The molecule has 1 fully saturated rings. The standard InChI is InChI=1S/C32H40N6O4.2C2H6/c1-20(19-42-29-8-6-5-7-28(29)40)17-34-25-9-12-33-32(41)30(25)31-35-26-15-22(18-39)24(16-27(26)36-31)21(2)38(4)23-10-13-37(3)14-11-23;2*1-2/h5-9,12,15-16,18,20,23,25,30,34,40H,2,10-11,13-14,17,19H2,1,3-4H3,(H,33,41)(H,35,36);2*1-2H3. The molecule has 1 saturated heterocycles. The van der Waals surface area contributed by atoms with E-state index in [1.165, 1.54) is 0 Å². The number of imidazole rings is 1. The van der Waals surface area contributed by atoms with Gasteiger partial charge in [-0.25, -0.2) is 4.98 Å². The third-order valence-corrected chi connectivity index (χ3v) is 8.33. The van der Waals surface area contributed by atoms with Crippen LogP contribution in [-0.4, -0.2) is 89.5 Å². The number of nitrogens with one attached hydrogen (secondary N) is 3. The van der Waals surface area contributed by atoms with Crippen molar-refractivity contribution in [1.29, 1.82) is 0 Å². The number of rotatable bonds is 11. The molecule has 4 N–H and O–H groups in total. The van der Waals surface area contributed by atoms with Crippen LogP contribution in [0, 0.1) is 5.92 Å². The highest BCUT2D eigenvalue weighted by Crippen LogP contribution is 2.30. The van der Waals surface area contributed by atoms with Crippen molar-refractivity contribution in [2.75, 3.05) is 40.3 Å². The molecule has 2 aliphatic rings. The summed E-state index contributed by atoms with van der Waals surface area (Å²) in [6, 6.07) is 10.6. The molecule has 10 nitrogen and oxygen atoms in total. The molecule has 10 heteroatoms. The first-order valence-corrected chi connectivity index (χ1v) is 16.5. The van der Waals surface area contributed by atoms with Gasteiger partial charge in [0.05, 0.1) is 17.6 Å². The second kappa shape index (κ2) is 17.5. The Kier molecular flexibility index (Phi) is 13.8. The first kappa shape index (κ1) is 36.3. The molecule has 3 heterocycles. The lowest BCUT2D eigenvalue weighted by Gasteiger charge is -2.37. The number of carbonyl (C=O) groups is 2. The van der Waals surface area contributed by atoms with Gasteiger partial charge in [-0.05, 0) is 57.2 Å². The van der Waals surface area contributed by atoms with Gasteiger partial charge in [0.1, 0.15) is 11.7 Å². The lowest BCUT2D eigenvalue weighted by Crippen LogP contribution is -2.46. The number of aromatic nitrogens is 2. The molecular weight excluding hydrogens is 580 g/mol. The summed E-state index contributed by atoms with van der Waals surface area (Å²) < 4.78 is 5.78. The summed E-state index contributed by atoms with van der Waals surface area (Å²) >= 11 is 0. The number of aromatic hydroxyl groups is 1. The number of benzene rings is 2. The number of amides is 1. The first-order valence-electron chi connectivity index (χ1n) is 16.5. The van der Waals surface area contributed by atoms with Crippen LogP contribution in [0.15, 0.2) is 55.3 Å². The number of phenols is 1.